The first kappa shape index (κ1) is 21.4. The van der Waals surface area contributed by atoms with Gasteiger partial charge >= 0.3 is 6.18 Å². The number of hydrogen-bond acceptors (Lipinski definition) is 3. The normalized spacial score (nSPS) is 18.0. The number of aromatic nitrogens is 2. The van der Waals surface area contributed by atoms with Gasteiger partial charge in [0.15, 0.2) is 0 Å². The van der Waals surface area contributed by atoms with E-state index in [4.69, 9.17) is 0 Å². The highest BCUT2D eigenvalue weighted by Gasteiger charge is 2.30. The summed E-state index contributed by atoms with van der Waals surface area (Å²) >= 11 is 0. The lowest BCUT2D eigenvalue weighted by Crippen LogP contribution is -2.42. The Morgan fingerprint density at radius 3 is 2.90 bits per heavy atom. The molecule has 0 N–H and O–H groups in total. The molecule has 5 nitrogen and oxygen atoms in total. The SMILES string of the molecule is CN(CC1CCCN(CCc2cccc(C(F)(F)F)c2)C1)C(=O)Cn1ccnc1. The summed E-state index contributed by atoms with van der Waals surface area (Å²) < 4.78 is 40.4. The molecule has 3 rings (SSSR count). The average molecular weight is 408 g/mol. The molecule has 29 heavy (non-hydrogen) atoms. The second-order valence-electron chi connectivity index (χ2n) is 7.77. The highest BCUT2D eigenvalue weighted by atomic mass is 19.4. The number of imidazole rings is 1. The zero-order valence-corrected chi connectivity index (χ0v) is 16.6. The fourth-order valence-corrected chi connectivity index (χ4v) is 3.84. The van der Waals surface area contributed by atoms with Crippen molar-refractivity contribution in [2.24, 2.45) is 5.92 Å². The first-order valence-electron chi connectivity index (χ1n) is 9.89. The number of hydrogen-bond donors (Lipinski definition) is 0. The molecule has 2 heterocycles. The maximum atomic E-state index is 12.9. The zero-order valence-electron chi connectivity index (χ0n) is 16.6. The monoisotopic (exact) mass is 408 g/mol. The van der Waals surface area contributed by atoms with Crippen molar-refractivity contribution in [2.75, 3.05) is 33.2 Å². The molecule has 0 radical (unpaired) electrons. The van der Waals surface area contributed by atoms with Crippen LogP contribution in [-0.4, -0.2) is 58.5 Å². The molecule has 2 aromatic rings. The molecule has 1 saturated heterocycles. The fraction of sp³-hybridized carbons (Fsp3) is 0.524. The Morgan fingerprint density at radius 2 is 2.17 bits per heavy atom. The molecule has 1 aliphatic heterocycles. The van der Waals surface area contributed by atoms with Crippen LogP contribution >= 0.6 is 0 Å². The van der Waals surface area contributed by atoms with E-state index >= 15 is 0 Å². The predicted molar refractivity (Wildman–Crippen MR) is 104 cm³/mol. The number of carbonyl (C=O) groups is 1. The van der Waals surface area contributed by atoms with Crippen molar-refractivity contribution in [1.29, 1.82) is 0 Å². The van der Waals surface area contributed by atoms with Crippen LogP contribution in [0.1, 0.15) is 24.0 Å². The molecule has 1 aromatic carbocycles. The van der Waals surface area contributed by atoms with Gasteiger partial charge in [0.1, 0.15) is 6.54 Å². The van der Waals surface area contributed by atoms with E-state index in [1.807, 2.05) is 7.05 Å². The number of amides is 1. The molecule has 0 saturated carbocycles. The summed E-state index contributed by atoms with van der Waals surface area (Å²) in [5, 5.41) is 0. The fourth-order valence-electron chi connectivity index (χ4n) is 3.84. The van der Waals surface area contributed by atoms with Crippen LogP contribution in [0.2, 0.25) is 0 Å². The minimum atomic E-state index is -4.31. The van der Waals surface area contributed by atoms with Crippen molar-refractivity contribution in [3.8, 4) is 0 Å². The molecule has 1 atom stereocenters. The lowest BCUT2D eigenvalue weighted by molar-refractivity contribution is -0.137. The van der Waals surface area contributed by atoms with Gasteiger partial charge in [0.2, 0.25) is 5.91 Å². The Kier molecular flexibility index (Phi) is 6.95. The Morgan fingerprint density at radius 1 is 1.34 bits per heavy atom. The van der Waals surface area contributed by atoms with Crippen LogP contribution in [0.3, 0.4) is 0 Å². The minimum Gasteiger partial charge on any atom is -0.344 e. The topological polar surface area (TPSA) is 41.4 Å². The van der Waals surface area contributed by atoms with Gasteiger partial charge in [-0.3, -0.25) is 4.79 Å². The molecule has 1 fully saturated rings. The number of likely N-dealkylation sites (tertiary alicyclic amines) is 1. The highest BCUT2D eigenvalue weighted by Crippen LogP contribution is 2.29. The summed E-state index contributed by atoms with van der Waals surface area (Å²) in [5.41, 5.74) is 0.110. The predicted octanol–water partition coefficient (Wildman–Crippen LogP) is 3.32. The van der Waals surface area contributed by atoms with Crippen LogP contribution in [0.5, 0.6) is 0 Å². The average Bonchev–Trinajstić information content (AvgIpc) is 3.19. The van der Waals surface area contributed by atoms with E-state index in [0.717, 1.165) is 38.5 Å². The Balaban J connectivity index is 1.47. The summed E-state index contributed by atoms with van der Waals surface area (Å²) in [6.45, 7) is 3.50. The van der Waals surface area contributed by atoms with Crippen LogP contribution in [-0.2, 0) is 23.9 Å². The first-order valence-corrected chi connectivity index (χ1v) is 9.89. The summed E-state index contributed by atoms with van der Waals surface area (Å²) in [7, 11) is 1.82. The third-order valence-corrected chi connectivity index (χ3v) is 5.41. The quantitative estimate of drug-likeness (QED) is 0.706. The van der Waals surface area contributed by atoms with Crippen molar-refractivity contribution in [2.45, 2.75) is 32.0 Å². The molecule has 0 aliphatic carbocycles. The number of likely N-dealkylation sites (N-methyl/N-ethyl adjacent to an activating group) is 1. The molecule has 158 valence electrons. The second-order valence-corrected chi connectivity index (χ2v) is 7.77. The van der Waals surface area contributed by atoms with E-state index in [1.165, 1.54) is 12.1 Å². The van der Waals surface area contributed by atoms with Gasteiger partial charge in [0.25, 0.3) is 0 Å². The van der Waals surface area contributed by atoms with E-state index in [1.54, 1.807) is 34.3 Å². The van der Waals surface area contributed by atoms with Crippen LogP contribution < -0.4 is 0 Å². The highest BCUT2D eigenvalue weighted by molar-refractivity contribution is 5.75. The van der Waals surface area contributed by atoms with E-state index in [9.17, 15) is 18.0 Å². The molecule has 1 aliphatic rings. The number of carbonyl (C=O) groups excluding carboxylic acids is 1. The summed E-state index contributed by atoms with van der Waals surface area (Å²) in [6.07, 6.45) is 3.42. The number of alkyl halides is 3. The second kappa shape index (κ2) is 9.43. The Hall–Kier alpha value is -2.35. The molecule has 1 aromatic heterocycles. The van der Waals surface area contributed by atoms with E-state index in [-0.39, 0.29) is 12.5 Å². The lowest BCUT2D eigenvalue weighted by Gasteiger charge is -2.34. The third kappa shape index (κ3) is 6.32. The molecule has 1 amide bonds. The van der Waals surface area contributed by atoms with E-state index in [0.29, 0.717) is 24.4 Å². The van der Waals surface area contributed by atoms with Gasteiger partial charge in [-0.25, -0.2) is 4.98 Å². The largest absolute Gasteiger partial charge is 0.416 e. The van der Waals surface area contributed by atoms with Gasteiger partial charge in [0, 0.05) is 39.1 Å². The molecule has 0 bridgehead atoms. The first-order chi connectivity index (χ1) is 13.8. The standard InChI is InChI=1S/C21H27F3N4O/c1-26(20(29)15-28-11-8-25-16-28)13-18-5-3-9-27(14-18)10-7-17-4-2-6-19(12-17)21(22,23)24/h2,4,6,8,11-12,16,18H,3,5,7,9-10,13-15H2,1H3. The molecular weight excluding hydrogens is 381 g/mol. The van der Waals surface area contributed by atoms with Crippen molar-refractivity contribution < 1.29 is 18.0 Å². The number of benzene rings is 1. The minimum absolute atomic E-state index is 0.0455. The van der Waals surface area contributed by atoms with Crippen LogP contribution in [0, 0.1) is 5.92 Å². The summed E-state index contributed by atoms with van der Waals surface area (Å²) in [5.74, 6) is 0.422. The Labute approximate surface area is 169 Å². The van der Waals surface area contributed by atoms with Crippen molar-refractivity contribution >= 4 is 5.91 Å². The van der Waals surface area contributed by atoms with Gasteiger partial charge in [-0.1, -0.05) is 18.2 Å². The summed E-state index contributed by atoms with van der Waals surface area (Å²) in [4.78, 5) is 20.4. The van der Waals surface area contributed by atoms with Gasteiger partial charge in [-0.05, 0) is 43.4 Å². The van der Waals surface area contributed by atoms with Gasteiger partial charge in [0.05, 0.1) is 11.9 Å². The number of halogens is 3. The van der Waals surface area contributed by atoms with Crippen molar-refractivity contribution in [3.63, 3.8) is 0 Å². The molecule has 0 spiro atoms. The van der Waals surface area contributed by atoms with Crippen molar-refractivity contribution in [1.82, 2.24) is 19.4 Å². The smallest absolute Gasteiger partial charge is 0.344 e. The maximum absolute atomic E-state index is 12.9. The number of piperidine rings is 1. The third-order valence-electron chi connectivity index (χ3n) is 5.41. The van der Waals surface area contributed by atoms with Gasteiger partial charge in [-0.2, -0.15) is 13.2 Å². The number of rotatable bonds is 7. The van der Waals surface area contributed by atoms with Crippen LogP contribution in [0.15, 0.2) is 43.0 Å². The van der Waals surface area contributed by atoms with E-state index < -0.39 is 11.7 Å². The van der Waals surface area contributed by atoms with Crippen LogP contribution in [0.25, 0.3) is 0 Å². The molecule has 1 unspecified atom stereocenters. The van der Waals surface area contributed by atoms with E-state index in [2.05, 4.69) is 9.88 Å². The Bertz CT molecular complexity index is 791. The number of nitrogens with zero attached hydrogens (tertiary/aromatic N) is 4. The summed E-state index contributed by atoms with van der Waals surface area (Å²) in [6, 6.07) is 5.57. The van der Waals surface area contributed by atoms with Crippen LogP contribution in [0.4, 0.5) is 13.2 Å². The zero-order chi connectivity index (χ0) is 20.9. The lowest BCUT2D eigenvalue weighted by atomic mass is 9.97. The van der Waals surface area contributed by atoms with Crippen molar-refractivity contribution in [3.05, 3.63) is 54.1 Å². The van der Waals surface area contributed by atoms with Gasteiger partial charge in [-0.15, -0.1) is 0 Å². The molecule has 8 heteroatoms. The molecular formula is C21H27F3N4O. The maximum Gasteiger partial charge on any atom is 0.416 e. The van der Waals surface area contributed by atoms with Gasteiger partial charge < -0.3 is 14.4 Å².